The lowest BCUT2D eigenvalue weighted by molar-refractivity contribution is 0.425. The third kappa shape index (κ3) is 4.40. The highest BCUT2D eigenvalue weighted by molar-refractivity contribution is 7.21. The van der Waals surface area contributed by atoms with Gasteiger partial charge in [-0.3, -0.25) is 0 Å². The Hall–Kier alpha value is -0.710. The Bertz CT molecular complexity index is 533. The van der Waals surface area contributed by atoms with Gasteiger partial charge in [-0.05, 0) is 44.6 Å². The minimum atomic E-state index is 0.141. The maximum absolute atomic E-state index is 4.88. The van der Waals surface area contributed by atoms with E-state index in [1.807, 2.05) is 11.3 Å². The van der Waals surface area contributed by atoms with Gasteiger partial charge in [-0.25, -0.2) is 4.98 Å². The predicted molar refractivity (Wildman–Crippen MR) is 90.6 cm³/mol. The smallest absolute Gasteiger partial charge is 0.133 e. The van der Waals surface area contributed by atoms with Gasteiger partial charge in [0, 0.05) is 17.0 Å². The fraction of sp³-hybridized carbons (Fsp3) is 0.562. The molecule has 2 aromatic heterocycles. The lowest BCUT2D eigenvalue weighted by Crippen LogP contribution is -2.35. The molecule has 0 saturated heterocycles. The molecule has 0 aromatic carbocycles. The van der Waals surface area contributed by atoms with Crippen molar-refractivity contribution in [1.29, 1.82) is 0 Å². The van der Waals surface area contributed by atoms with Crippen LogP contribution in [0.3, 0.4) is 0 Å². The van der Waals surface area contributed by atoms with E-state index in [9.17, 15) is 0 Å². The van der Waals surface area contributed by atoms with E-state index in [0.717, 1.165) is 13.0 Å². The second-order valence-corrected chi connectivity index (χ2v) is 8.60. The van der Waals surface area contributed by atoms with Crippen LogP contribution in [0.5, 0.6) is 0 Å². The van der Waals surface area contributed by atoms with Gasteiger partial charge in [-0.15, -0.1) is 22.7 Å². The quantitative estimate of drug-likeness (QED) is 0.844. The first-order valence-corrected chi connectivity index (χ1v) is 8.82. The Kier molecular flexibility index (Phi) is 4.99. The summed E-state index contributed by atoms with van der Waals surface area (Å²) in [6.07, 6.45) is 1.06. The number of nitrogens with one attached hydrogen (secondary N) is 1. The van der Waals surface area contributed by atoms with Crippen molar-refractivity contribution >= 4 is 22.7 Å². The topological polar surface area (TPSA) is 24.9 Å². The fourth-order valence-electron chi connectivity index (χ4n) is 1.92. The fourth-order valence-corrected chi connectivity index (χ4v) is 3.74. The summed E-state index contributed by atoms with van der Waals surface area (Å²) < 4.78 is 0. The Morgan fingerprint density at radius 3 is 2.60 bits per heavy atom. The maximum Gasteiger partial charge on any atom is 0.133 e. The Morgan fingerprint density at radius 2 is 2.05 bits per heavy atom. The van der Waals surface area contributed by atoms with E-state index >= 15 is 0 Å². The Morgan fingerprint density at radius 1 is 1.30 bits per heavy atom. The van der Waals surface area contributed by atoms with E-state index in [1.165, 1.54) is 20.5 Å². The third-order valence-electron chi connectivity index (χ3n) is 2.89. The first kappa shape index (κ1) is 15.7. The molecule has 0 aliphatic rings. The molecule has 20 heavy (non-hydrogen) atoms. The zero-order chi connectivity index (χ0) is 14.8. The van der Waals surface area contributed by atoms with Gasteiger partial charge >= 0.3 is 0 Å². The second kappa shape index (κ2) is 6.37. The summed E-state index contributed by atoms with van der Waals surface area (Å²) in [5, 5.41) is 6.87. The Labute approximate surface area is 130 Å². The van der Waals surface area contributed by atoms with Crippen molar-refractivity contribution in [3.63, 3.8) is 0 Å². The van der Waals surface area contributed by atoms with Crippen LogP contribution in [0.4, 0.5) is 0 Å². The van der Waals surface area contributed by atoms with Crippen molar-refractivity contribution < 1.29 is 0 Å². The Balaban J connectivity index is 2.23. The molecule has 0 atom stereocenters. The van der Waals surface area contributed by atoms with Crippen LogP contribution in [-0.2, 0) is 13.0 Å². The maximum atomic E-state index is 4.88. The highest BCUT2D eigenvalue weighted by atomic mass is 32.1. The van der Waals surface area contributed by atoms with Gasteiger partial charge in [0.15, 0.2) is 0 Å². The zero-order valence-electron chi connectivity index (χ0n) is 13.0. The van der Waals surface area contributed by atoms with Crippen LogP contribution in [0.1, 0.15) is 45.2 Å². The van der Waals surface area contributed by atoms with E-state index < -0.39 is 0 Å². The molecule has 0 fully saturated rings. The number of nitrogens with zero attached hydrogens (tertiary/aromatic N) is 1. The second-order valence-electron chi connectivity index (χ2n) is 6.57. The number of thiazole rings is 1. The van der Waals surface area contributed by atoms with Crippen LogP contribution < -0.4 is 5.32 Å². The molecule has 2 nitrogen and oxygen atoms in total. The molecule has 0 bridgehead atoms. The number of thiophene rings is 1. The average molecular weight is 309 g/mol. The van der Waals surface area contributed by atoms with Crippen molar-refractivity contribution in [3.8, 4) is 9.88 Å². The molecular formula is C16H24N2S2. The largest absolute Gasteiger partial charge is 0.307 e. The van der Waals surface area contributed by atoms with Crippen LogP contribution in [0.15, 0.2) is 17.5 Å². The average Bonchev–Trinajstić information content (AvgIpc) is 2.93. The minimum absolute atomic E-state index is 0.141. The highest BCUT2D eigenvalue weighted by Crippen LogP contribution is 2.32. The molecule has 4 heteroatoms. The van der Waals surface area contributed by atoms with Gasteiger partial charge in [0.25, 0.3) is 0 Å². The summed E-state index contributed by atoms with van der Waals surface area (Å²) in [6, 6.07) is 4.25. The highest BCUT2D eigenvalue weighted by Gasteiger charge is 2.16. The molecule has 2 heterocycles. The van der Waals surface area contributed by atoms with Gasteiger partial charge in [0.2, 0.25) is 0 Å². The molecule has 0 unspecified atom stereocenters. The van der Waals surface area contributed by atoms with Gasteiger partial charge in [-0.2, -0.15) is 0 Å². The van der Waals surface area contributed by atoms with Crippen LogP contribution in [0, 0.1) is 5.92 Å². The van der Waals surface area contributed by atoms with Crippen molar-refractivity contribution in [2.75, 3.05) is 0 Å². The van der Waals surface area contributed by atoms with Gasteiger partial charge in [-0.1, -0.05) is 19.9 Å². The number of hydrogen-bond acceptors (Lipinski definition) is 4. The molecule has 0 saturated carbocycles. The van der Waals surface area contributed by atoms with Crippen LogP contribution in [0.25, 0.3) is 9.88 Å². The van der Waals surface area contributed by atoms with Crippen LogP contribution in [-0.4, -0.2) is 10.5 Å². The molecule has 2 aromatic rings. The van der Waals surface area contributed by atoms with Crippen molar-refractivity contribution in [1.82, 2.24) is 10.3 Å². The molecule has 1 N–H and O–H groups in total. The third-order valence-corrected chi connectivity index (χ3v) is 5.03. The standard InChI is InChI=1S/C16H24N2S2/c1-11(2)9-12-14(10-17-16(3,4)5)20-15(18-12)13-7-6-8-19-13/h6-8,11,17H,9-10H2,1-5H3. The van der Waals surface area contributed by atoms with E-state index in [2.05, 4.69) is 57.4 Å². The molecule has 110 valence electrons. The summed E-state index contributed by atoms with van der Waals surface area (Å²) in [5.74, 6) is 0.640. The first-order chi connectivity index (χ1) is 9.35. The van der Waals surface area contributed by atoms with Gasteiger partial charge in [0.1, 0.15) is 5.01 Å². The van der Waals surface area contributed by atoms with Gasteiger partial charge in [0.05, 0.1) is 10.6 Å². The number of rotatable bonds is 5. The predicted octanol–water partition coefficient (Wildman–Crippen LogP) is 4.96. The zero-order valence-corrected chi connectivity index (χ0v) is 14.6. The summed E-state index contributed by atoms with van der Waals surface area (Å²) >= 11 is 3.60. The summed E-state index contributed by atoms with van der Waals surface area (Å²) in [6.45, 7) is 12.0. The normalized spacial score (nSPS) is 12.3. The molecule has 0 radical (unpaired) electrons. The monoisotopic (exact) mass is 308 g/mol. The molecule has 0 aliphatic heterocycles. The van der Waals surface area contributed by atoms with Crippen molar-refractivity contribution in [3.05, 3.63) is 28.1 Å². The number of hydrogen-bond donors (Lipinski definition) is 1. The summed E-state index contributed by atoms with van der Waals surface area (Å²) in [7, 11) is 0. The molecular weight excluding hydrogens is 284 g/mol. The van der Waals surface area contributed by atoms with Crippen LogP contribution >= 0.6 is 22.7 Å². The van der Waals surface area contributed by atoms with E-state index in [1.54, 1.807) is 11.3 Å². The minimum Gasteiger partial charge on any atom is -0.307 e. The molecule has 2 rings (SSSR count). The van der Waals surface area contributed by atoms with E-state index in [4.69, 9.17) is 4.98 Å². The molecule has 0 aliphatic carbocycles. The van der Waals surface area contributed by atoms with Gasteiger partial charge < -0.3 is 5.32 Å². The molecule has 0 spiro atoms. The summed E-state index contributed by atoms with van der Waals surface area (Å²) in [5.41, 5.74) is 1.41. The summed E-state index contributed by atoms with van der Waals surface area (Å²) in [4.78, 5) is 7.55. The lowest BCUT2D eigenvalue weighted by atomic mass is 10.1. The lowest BCUT2D eigenvalue weighted by Gasteiger charge is -2.20. The first-order valence-electron chi connectivity index (χ1n) is 7.12. The van der Waals surface area contributed by atoms with E-state index in [-0.39, 0.29) is 5.54 Å². The van der Waals surface area contributed by atoms with E-state index in [0.29, 0.717) is 5.92 Å². The van der Waals surface area contributed by atoms with Crippen LogP contribution in [0.2, 0.25) is 0 Å². The van der Waals surface area contributed by atoms with Crippen molar-refractivity contribution in [2.24, 2.45) is 5.92 Å². The molecule has 0 amide bonds. The number of aromatic nitrogens is 1. The van der Waals surface area contributed by atoms with Crippen molar-refractivity contribution in [2.45, 2.75) is 53.1 Å². The SMILES string of the molecule is CC(C)Cc1nc(-c2cccs2)sc1CNC(C)(C)C.